The van der Waals surface area contributed by atoms with Crippen LogP contribution in [0.5, 0.6) is 0 Å². The van der Waals surface area contributed by atoms with Gasteiger partial charge < -0.3 is 0 Å². The maximum Gasteiger partial charge on any atom is 0.150 e. The lowest BCUT2D eigenvalue weighted by Crippen LogP contribution is -2.28. The van der Waals surface area contributed by atoms with E-state index in [1.165, 1.54) is 0 Å². The molecule has 4 nitrogen and oxygen atoms in total. The molecular weight excluding hydrogens is 316 g/mol. The van der Waals surface area contributed by atoms with E-state index >= 15 is 0 Å². The van der Waals surface area contributed by atoms with Gasteiger partial charge in [-0.3, -0.25) is 11.3 Å². The van der Waals surface area contributed by atoms with Crippen molar-refractivity contribution in [3.63, 3.8) is 0 Å². The fraction of sp³-hybridized carbons (Fsp3) is 0.500. The highest BCUT2D eigenvalue weighted by Gasteiger charge is 2.12. The van der Waals surface area contributed by atoms with E-state index in [0.29, 0.717) is 12.8 Å². The summed E-state index contributed by atoms with van der Waals surface area (Å²) in [6.45, 7) is 1.67. The van der Waals surface area contributed by atoms with Crippen molar-refractivity contribution in [2.24, 2.45) is 5.84 Å². The second-order valence-corrected chi connectivity index (χ2v) is 7.54. The number of nitrogens with two attached hydrogens (primary N) is 1. The molecule has 0 bridgehead atoms. The number of halogens is 1. The molecule has 0 saturated carbocycles. The Morgan fingerprint density at radius 3 is 2.72 bits per heavy atom. The molecule has 0 saturated heterocycles. The maximum atomic E-state index is 11.4. The minimum Gasteiger partial charge on any atom is -0.271 e. The molecule has 0 aliphatic heterocycles. The van der Waals surface area contributed by atoms with Gasteiger partial charge >= 0.3 is 0 Å². The molecule has 18 heavy (non-hydrogen) atoms. The second-order valence-electron chi connectivity index (χ2n) is 4.15. The molecule has 0 radical (unpaired) electrons. The number of hydrazine groups is 1. The normalized spacial score (nSPS) is 13.5. The van der Waals surface area contributed by atoms with Crippen molar-refractivity contribution in [1.29, 1.82) is 0 Å². The number of rotatable bonds is 7. The topological polar surface area (TPSA) is 72.2 Å². The van der Waals surface area contributed by atoms with Crippen molar-refractivity contribution in [3.8, 4) is 0 Å². The van der Waals surface area contributed by atoms with Crippen LogP contribution in [0.1, 0.15) is 31.4 Å². The van der Waals surface area contributed by atoms with Gasteiger partial charge in [0, 0.05) is 16.3 Å². The fourth-order valence-electron chi connectivity index (χ4n) is 1.72. The zero-order valence-corrected chi connectivity index (χ0v) is 12.8. The highest BCUT2D eigenvalue weighted by Crippen LogP contribution is 2.21. The zero-order valence-electron chi connectivity index (χ0n) is 10.4. The van der Waals surface area contributed by atoms with E-state index in [2.05, 4.69) is 21.4 Å². The summed E-state index contributed by atoms with van der Waals surface area (Å²) in [4.78, 5) is 0. The van der Waals surface area contributed by atoms with Gasteiger partial charge in [0.1, 0.15) is 9.84 Å². The van der Waals surface area contributed by atoms with E-state index < -0.39 is 9.84 Å². The van der Waals surface area contributed by atoms with Gasteiger partial charge in [0.2, 0.25) is 0 Å². The standard InChI is InChI=1S/C12H19BrN2O2S/c1-2-18(16,17)8-4-7-12(15-14)10-5-3-6-11(13)9-10/h3,5-6,9,12,15H,2,4,7-8,14H2,1H3. The quantitative estimate of drug-likeness (QED) is 0.592. The molecule has 0 aliphatic carbocycles. The van der Waals surface area contributed by atoms with Crippen LogP contribution < -0.4 is 11.3 Å². The molecule has 0 aromatic heterocycles. The Morgan fingerprint density at radius 1 is 1.44 bits per heavy atom. The van der Waals surface area contributed by atoms with Gasteiger partial charge in [-0.25, -0.2) is 8.42 Å². The number of nitrogens with one attached hydrogen (secondary N) is 1. The summed E-state index contributed by atoms with van der Waals surface area (Å²) in [6, 6.07) is 7.82. The molecular formula is C12H19BrN2O2S. The Balaban J connectivity index is 2.58. The van der Waals surface area contributed by atoms with Crippen molar-refractivity contribution in [3.05, 3.63) is 34.3 Å². The van der Waals surface area contributed by atoms with Crippen molar-refractivity contribution in [2.75, 3.05) is 11.5 Å². The van der Waals surface area contributed by atoms with E-state index in [4.69, 9.17) is 5.84 Å². The van der Waals surface area contributed by atoms with Gasteiger partial charge in [-0.05, 0) is 30.5 Å². The van der Waals surface area contributed by atoms with Crippen molar-refractivity contribution < 1.29 is 8.42 Å². The molecule has 3 N–H and O–H groups in total. The van der Waals surface area contributed by atoms with Gasteiger partial charge in [0.25, 0.3) is 0 Å². The Kier molecular flexibility index (Phi) is 6.28. The summed E-state index contributed by atoms with van der Waals surface area (Å²) in [5.41, 5.74) is 3.79. The summed E-state index contributed by atoms with van der Waals surface area (Å²) in [6.07, 6.45) is 1.31. The first-order valence-corrected chi connectivity index (χ1v) is 8.52. The number of benzene rings is 1. The number of sulfone groups is 1. The molecule has 1 rings (SSSR count). The van der Waals surface area contributed by atoms with Gasteiger partial charge in [0.05, 0.1) is 5.75 Å². The Morgan fingerprint density at radius 2 is 2.17 bits per heavy atom. The van der Waals surface area contributed by atoms with E-state index in [1.54, 1.807) is 6.92 Å². The minimum absolute atomic E-state index is 0.0189. The Hall–Kier alpha value is -0.430. The van der Waals surface area contributed by atoms with E-state index in [1.807, 2.05) is 24.3 Å². The van der Waals surface area contributed by atoms with Gasteiger partial charge in [0.15, 0.2) is 0 Å². The van der Waals surface area contributed by atoms with Gasteiger partial charge in [-0.2, -0.15) is 0 Å². The van der Waals surface area contributed by atoms with Crippen LogP contribution in [0.4, 0.5) is 0 Å². The summed E-state index contributed by atoms with van der Waals surface area (Å²) >= 11 is 3.41. The molecule has 0 fully saturated rings. The number of hydrogen-bond donors (Lipinski definition) is 2. The van der Waals surface area contributed by atoms with Crippen LogP contribution in [-0.4, -0.2) is 19.9 Å². The van der Waals surface area contributed by atoms with Crippen molar-refractivity contribution in [1.82, 2.24) is 5.43 Å². The lowest BCUT2D eigenvalue weighted by Gasteiger charge is -2.16. The average molecular weight is 335 g/mol. The van der Waals surface area contributed by atoms with Crippen LogP contribution in [0.25, 0.3) is 0 Å². The van der Waals surface area contributed by atoms with E-state index in [-0.39, 0.29) is 17.5 Å². The predicted octanol–water partition coefficient (Wildman–Crippen LogP) is 2.17. The van der Waals surface area contributed by atoms with Crippen molar-refractivity contribution >= 4 is 25.8 Å². The van der Waals surface area contributed by atoms with Gasteiger partial charge in [-0.15, -0.1) is 0 Å². The SMILES string of the molecule is CCS(=O)(=O)CCCC(NN)c1cccc(Br)c1. The smallest absolute Gasteiger partial charge is 0.150 e. The Labute approximate surface area is 117 Å². The predicted molar refractivity (Wildman–Crippen MR) is 77.8 cm³/mol. The molecule has 1 aromatic carbocycles. The van der Waals surface area contributed by atoms with Crippen molar-refractivity contribution in [2.45, 2.75) is 25.8 Å². The van der Waals surface area contributed by atoms with Crippen LogP contribution in [0, 0.1) is 0 Å². The lowest BCUT2D eigenvalue weighted by molar-refractivity contribution is 0.507. The Bertz CT molecular complexity index is 477. The summed E-state index contributed by atoms with van der Waals surface area (Å²) in [7, 11) is -2.89. The third-order valence-electron chi connectivity index (χ3n) is 2.84. The molecule has 1 atom stereocenters. The lowest BCUT2D eigenvalue weighted by atomic mass is 10.0. The molecule has 0 heterocycles. The first-order valence-electron chi connectivity index (χ1n) is 5.90. The number of hydrogen-bond acceptors (Lipinski definition) is 4. The first kappa shape index (κ1) is 15.6. The molecule has 0 spiro atoms. The second kappa shape index (κ2) is 7.23. The monoisotopic (exact) mass is 334 g/mol. The van der Waals surface area contributed by atoms with E-state index in [9.17, 15) is 8.42 Å². The van der Waals surface area contributed by atoms with Gasteiger partial charge in [-0.1, -0.05) is 35.0 Å². The zero-order chi connectivity index (χ0) is 13.6. The van der Waals surface area contributed by atoms with Crippen LogP contribution in [0.3, 0.4) is 0 Å². The molecule has 102 valence electrons. The molecule has 1 unspecified atom stereocenters. The highest BCUT2D eigenvalue weighted by atomic mass is 79.9. The summed E-state index contributed by atoms with van der Waals surface area (Å²) in [5, 5.41) is 0. The van der Waals surface area contributed by atoms with Crippen LogP contribution in [0.2, 0.25) is 0 Å². The molecule has 1 aromatic rings. The van der Waals surface area contributed by atoms with E-state index in [0.717, 1.165) is 10.0 Å². The molecule has 0 amide bonds. The first-order chi connectivity index (χ1) is 8.48. The van der Waals surface area contributed by atoms with Crippen LogP contribution in [-0.2, 0) is 9.84 Å². The summed E-state index contributed by atoms with van der Waals surface area (Å²) < 4.78 is 23.8. The third-order valence-corrected chi connectivity index (χ3v) is 5.12. The fourth-order valence-corrected chi connectivity index (χ4v) is 3.03. The third kappa shape index (κ3) is 5.06. The largest absolute Gasteiger partial charge is 0.271 e. The highest BCUT2D eigenvalue weighted by molar-refractivity contribution is 9.10. The minimum atomic E-state index is -2.89. The molecule has 0 aliphatic rings. The van der Waals surface area contributed by atoms with Crippen LogP contribution in [0.15, 0.2) is 28.7 Å². The van der Waals surface area contributed by atoms with Crippen LogP contribution >= 0.6 is 15.9 Å². The summed E-state index contributed by atoms with van der Waals surface area (Å²) in [5.74, 6) is 5.94. The molecule has 6 heteroatoms. The average Bonchev–Trinajstić information content (AvgIpc) is 2.34. The maximum absolute atomic E-state index is 11.4.